The number of para-hydroxylation sites is 3. The lowest BCUT2D eigenvalue weighted by Crippen LogP contribution is -2.09. The van der Waals surface area contributed by atoms with E-state index in [9.17, 15) is 0 Å². The van der Waals surface area contributed by atoms with Crippen LogP contribution in [0.3, 0.4) is 0 Å². The molecule has 0 saturated heterocycles. The van der Waals surface area contributed by atoms with E-state index in [1.165, 1.54) is 76.5 Å². The number of hydrogen-bond donors (Lipinski definition) is 0. The van der Waals surface area contributed by atoms with E-state index < -0.39 is 0 Å². The van der Waals surface area contributed by atoms with Gasteiger partial charge in [0.2, 0.25) is 0 Å². The van der Waals surface area contributed by atoms with Gasteiger partial charge in [-0.05, 0) is 104 Å². The molecule has 10 aromatic rings. The molecule has 0 aliphatic heterocycles. The van der Waals surface area contributed by atoms with Crippen LogP contribution in [0.1, 0.15) is 17.9 Å². The zero-order chi connectivity index (χ0) is 37.0. The van der Waals surface area contributed by atoms with Crippen LogP contribution in [0.2, 0.25) is 0 Å². The van der Waals surface area contributed by atoms with Gasteiger partial charge in [-0.3, -0.25) is 0 Å². The van der Waals surface area contributed by atoms with Crippen molar-refractivity contribution < 1.29 is 0 Å². The van der Waals surface area contributed by atoms with E-state index in [1.54, 1.807) is 0 Å². The minimum Gasteiger partial charge on any atom is -0.310 e. The van der Waals surface area contributed by atoms with Crippen molar-refractivity contribution in [1.29, 1.82) is 0 Å². The zero-order valence-corrected chi connectivity index (χ0v) is 30.9. The molecule has 2 heteroatoms. The van der Waals surface area contributed by atoms with Gasteiger partial charge in [0.15, 0.2) is 0 Å². The number of benzene rings is 9. The molecule has 0 bridgehead atoms. The maximum absolute atomic E-state index is 2.47. The number of fused-ring (bicyclic) bond motifs is 9. The van der Waals surface area contributed by atoms with Gasteiger partial charge in [-0.2, -0.15) is 0 Å². The Morgan fingerprint density at radius 2 is 0.982 bits per heavy atom. The number of rotatable bonds is 6. The summed E-state index contributed by atoms with van der Waals surface area (Å²) >= 11 is 0. The summed E-state index contributed by atoms with van der Waals surface area (Å²) in [6.45, 7) is 0. The molecule has 0 fully saturated rings. The lowest BCUT2D eigenvalue weighted by molar-refractivity contribution is 0.855. The standard InChI is InChI=1S/C54H38N2/c1-3-15-37(16-4-1)39-29-33-50-49-24-12-14-26-53(49)56(54(50)35-39)52-25-13-11-19-43(52)38-27-30-41(31-28-38)55(40-17-5-2-6-18-40)42-32-34-48-46-22-8-7-20-44(46)45-21-9-10-23-47(45)51(48)36-42/h1-15,17-37H,16H2. The Bertz CT molecular complexity index is 3130. The number of allylic oxidation sites excluding steroid dienone is 4. The molecule has 0 radical (unpaired) electrons. The van der Waals surface area contributed by atoms with Crippen molar-refractivity contribution in [2.75, 3.05) is 4.90 Å². The Kier molecular flexibility index (Phi) is 7.67. The molecule has 0 N–H and O–H groups in total. The summed E-state index contributed by atoms with van der Waals surface area (Å²) in [6.07, 6.45) is 9.95. The fourth-order valence-corrected chi connectivity index (χ4v) is 9.07. The van der Waals surface area contributed by atoms with Gasteiger partial charge in [0.25, 0.3) is 0 Å². The highest BCUT2D eigenvalue weighted by Gasteiger charge is 2.19. The van der Waals surface area contributed by atoms with Crippen molar-refractivity contribution in [3.05, 3.63) is 218 Å². The molecular formula is C54H38N2. The third-order valence-corrected chi connectivity index (χ3v) is 11.7. The second-order valence-electron chi connectivity index (χ2n) is 14.8. The van der Waals surface area contributed by atoms with E-state index in [1.807, 2.05) is 0 Å². The molecule has 264 valence electrons. The zero-order valence-electron chi connectivity index (χ0n) is 30.9. The first-order valence-corrected chi connectivity index (χ1v) is 19.5. The first kappa shape index (κ1) is 32.3. The van der Waals surface area contributed by atoms with E-state index in [0.29, 0.717) is 5.92 Å². The average Bonchev–Trinajstić information content (AvgIpc) is 3.61. The van der Waals surface area contributed by atoms with Crippen LogP contribution in [-0.4, -0.2) is 4.57 Å². The number of nitrogens with zero attached hydrogens (tertiary/aromatic N) is 2. The summed E-state index contributed by atoms with van der Waals surface area (Å²) < 4.78 is 2.47. The Hall–Kier alpha value is -7.16. The van der Waals surface area contributed by atoms with Crippen LogP contribution < -0.4 is 4.90 Å². The predicted octanol–water partition coefficient (Wildman–Crippen LogP) is 15.0. The predicted molar refractivity (Wildman–Crippen MR) is 239 cm³/mol. The minimum atomic E-state index is 0.381. The van der Waals surface area contributed by atoms with Crippen molar-refractivity contribution in [3.8, 4) is 16.8 Å². The van der Waals surface area contributed by atoms with Gasteiger partial charge in [-0.1, -0.05) is 158 Å². The van der Waals surface area contributed by atoms with Crippen LogP contribution in [0.4, 0.5) is 17.1 Å². The van der Waals surface area contributed by atoms with Crippen LogP contribution in [0.15, 0.2) is 212 Å². The fraction of sp³-hybridized carbons (Fsp3) is 0.0370. The Balaban J connectivity index is 1.05. The van der Waals surface area contributed by atoms with Gasteiger partial charge in [-0.25, -0.2) is 0 Å². The van der Waals surface area contributed by atoms with Crippen molar-refractivity contribution in [2.24, 2.45) is 0 Å². The van der Waals surface area contributed by atoms with Gasteiger partial charge in [0.05, 0.1) is 16.7 Å². The lowest BCUT2D eigenvalue weighted by atomic mass is 9.92. The average molecular weight is 715 g/mol. The highest BCUT2D eigenvalue weighted by atomic mass is 15.1. The van der Waals surface area contributed by atoms with Gasteiger partial charge in [0, 0.05) is 39.3 Å². The second kappa shape index (κ2) is 13.3. The summed E-state index contributed by atoms with van der Waals surface area (Å²) in [5.41, 5.74) is 10.7. The molecule has 1 atom stereocenters. The molecule has 1 heterocycles. The highest BCUT2D eigenvalue weighted by Crippen LogP contribution is 2.42. The van der Waals surface area contributed by atoms with Gasteiger partial charge in [-0.15, -0.1) is 0 Å². The molecule has 1 aliphatic rings. The topological polar surface area (TPSA) is 8.17 Å². The molecule has 0 spiro atoms. The molecule has 0 saturated carbocycles. The lowest BCUT2D eigenvalue weighted by Gasteiger charge is -2.26. The van der Waals surface area contributed by atoms with Crippen molar-refractivity contribution in [2.45, 2.75) is 12.3 Å². The third-order valence-electron chi connectivity index (χ3n) is 11.7. The van der Waals surface area contributed by atoms with E-state index in [0.717, 1.165) is 23.5 Å². The number of aromatic nitrogens is 1. The summed E-state index contributed by atoms with van der Waals surface area (Å²) in [5, 5.41) is 10.2. The molecule has 0 amide bonds. The van der Waals surface area contributed by atoms with E-state index >= 15 is 0 Å². The monoisotopic (exact) mass is 714 g/mol. The van der Waals surface area contributed by atoms with Crippen LogP contribution in [0.25, 0.3) is 70.9 Å². The van der Waals surface area contributed by atoms with Crippen LogP contribution in [-0.2, 0) is 0 Å². The maximum atomic E-state index is 2.47. The van der Waals surface area contributed by atoms with Gasteiger partial charge >= 0.3 is 0 Å². The molecule has 2 nitrogen and oxygen atoms in total. The SMILES string of the molecule is C1=CCC(c2ccc3c4ccccc4n(-c4ccccc4-c4ccc(N(c5ccccc5)c5ccc6c7ccccc7c7ccccc7c6c5)cc4)c3c2)C=C1. The van der Waals surface area contributed by atoms with Crippen molar-refractivity contribution >= 4 is 71.2 Å². The van der Waals surface area contributed by atoms with Crippen LogP contribution >= 0.6 is 0 Å². The number of anilines is 3. The van der Waals surface area contributed by atoms with E-state index in [2.05, 4.69) is 222 Å². The fourth-order valence-electron chi connectivity index (χ4n) is 9.07. The smallest absolute Gasteiger partial charge is 0.0544 e. The Labute approximate surface area is 326 Å². The van der Waals surface area contributed by atoms with Crippen LogP contribution in [0, 0.1) is 0 Å². The van der Waals surface area contributed by atoms with Gasteiger partial charge < -0.3 is 9.47 Å². The molecule has 56 heavy (non-hydrogen) atoms. The largest absolute Gasteiger partial charge is 0.310 e. The maximum Gasteiger partial charge on any atom is 0.0544 e. The molecule has 1 aliphatic carbocycles. The normalized spacial score (nSPS) is 14.0. The summed E-state index contributed by atoms with van der Waals surface area (Å²) in [5.74, 6) is 0.381. The molecular weight excluding hydrogens is 677 g/mol. The summed E-state index contributed by atoms with van der Waals surface area (Å²) in [4.78, 5) is 2.38. The van der Waals surface area contributed by atoms with Crippen molar-refractivity contribution in [1.82, 2.24) is 4.57 Å². The quantitative estimate of drug-likeness (QED) is 0.156. The first-order valence-electron chi connectivity index (χ1n) is 19.5. The minimum absolute atomic E-state index is 0.381. The molecule has 9 aromatic carbocycles. The highest BCUT2D eigenvalue weighted by molar-refractivity contribution is 6.25. The Morgan fingerprint density at radius 1 is 0.411 bits per heavy atom. The second-order valence-corrected chi connectivity index (χ2v) is 14.8. The molecule has 11 rings (SSSR count). The first-order chi connectivity index (χ1) is 27.8. The van der Waals surface area contributed by atoms with Crippen LogP contribution in [0.5, 0.6) is 0 Å². The summed E-state index contributed by atoms with van der Waals surface area (Å²) in [6, 6.07) is 69.1. The molecule has 1 aromatic heterocycles. The Morgan fingerprint density at radius 3 is 1.71 bits per heavy atom. The van der Waals surface area contributed by atoms with E-state index in [4.69, 9.17) is 0 Å². The van der Waals surface area contributed by atoms with Gasteiger partial charge in [0.1, 0.15) is 0 Å². The molecule has 1 unspecified atom stereocenters. The van der Waals surface area contributed by atoms with E-state index in [-0.39, 0.29) is 0 Å². The third kappa shape index (κ3) is 5.26. The number of hydrogen-bond acceptors (Lipinski definition) is 1. The summed E-state index contributed by atoms with van der Waals surface area (Å²) in [7, 11) is 0. The van der Waals surface area contributed by atoms with Crippen molar-refractivity contribution in [3.63, 3.8) is 0 Å².